The van der Waals surface area contributed by atoms with E-state index in [0.717, 1.165) is 34.0 Å². The van der Waals surface area contributed by atoms with Crippen molar-refractivity contribution in [3.63, 3.8) is 0 Å². The molecule has 0 spiro atoms. The van der Waals surface area contributed by atoms with E-state index >= 15 is 0 Å². The Labute approximate surface area is 257 Å². The normalized spacial score (nSPS) is 13.1. The van der Waals surface area contributed by atoms with E-state index in [-0.39, 0.29) is 37.4 Å². The van der Waals surface area contributed by atoms with Crippen LogP contribution in [0.1, 0.15) is 46.3 Å². The summed E-state index contributed by atoms with van der Waals surface area (Å²) in [6.45, 7) is 5.92. The average molecular weight is 595 g/mol. The molecular formula is C34H38N6O4. The van der Waals surface area contributed by atoms with E-state index < -0.39 is 6.09 Å². The van der Waals surface area contributed by atoms with Crippen LogP contribution in [0.4, 0.5) is 22.0 Å². The minimum atomic E-state index is -0.584. The molecule has 5 rings (SSSR count). The first-order valence-corrected chi connectivity index (χ1v) is 14.7. The van der Waals surface area contributed by atoms with Crippen LogP contribution in [0.5, 0.6) is 0 Å². The number of nitrogens with zero attached hydrogens (tertiary/aromatic N) is 3. The zero-order valence-electron chi connectivity index (χ0n) is 25.3. The molecule has 1 saturated heterocycles. The number of nitrogens with two attached hydrogens (primary N) is 1. The molecule has 44 heavy (non-hydrogen) atoms. The Morgan fingerprint density at radius 2 is 1.82 bits per heavy atom. The number of pyridine rings is 1. The predicted octanol–water partition coefficient (Wildman–Crippen LogP) is 5.39. The first-order valence-electron chi connectivity index (χ1n) is 14.7. The highest BCUT2D eigenvalue weighted by molar-refractivity contribution is 5.97. The van der Waals surface area contributed by atoms with Crippen LogP contribution in [0.2, 0.25) is 0 Å². The number of benzene rings is 3. The maximum absolute atomic E-state index is 13.2. The maximum atomic E-state index is 13.2. The number of rotatable bonds is 10. The molecule has 0 bridgehead atoms. The van der Waals surface area contributed by atoms with Crippen LogP contribution in [-0.4, -0.2) is 66.0 Å². The molecule has 3 aromatic carbocycles. The van der Waals surface area contributed by atoms with Gasteiger partial charge in [-0.15, -0.1) is 0 Å². The average Bonchev–Trinajstić information content (AvgIpc) is 2.98. The Balaban J connectivity index is 1.24. The Hall–Kier alpha value is -5.12. The van der Waals surface area contributed by atoms with Gasteiger partial charge >= 0.3 is 6.09 Å². The molecule has 10 heteroatoms. The molecule has 1 aromatic heterocycles. The molecular weight excluding hydrogens is 556 g/mol. The second-order valence-electron chi connectivity index (χ2n) is 11.2. The van der Waals surface area contributed by atoms with Crippen molar-refractivity contribution >= 4 is 45.9 Å². The van der Waals surface area contributed by atoms with Crippen LogP contribution in [0.3, 0.4) is 0 Å². The molecule has 1 unspecified atom stereocenters. The summed E-state index contributed by atoms with van der Waals surface area (Å²) >= 11 is 0. The second kappa shape index (κ2) is 13.5. The summed E-state index contributed by atoms with van der Waals surface area (Å²) in [7, 11) is 1.69. The van der Waals surface area contributed by atoms with Gasteiger partial charge in [-0.25, -0.2) is 9.78 Å². The molecule has 3 amide bonds. The molecule has 2 heterocycles. The maximum Gasteiger partial charge on any atom is 0.411 e. The second-order valence-corrected chi connectivity index (χ2v) is 11.2. The van der Waals surface area contributed by atoms with Gasteiger partial charge in [0.1, 0.15) is 5.82 Å². The number of amides is 3. The summed E-state index contributed by atoms with van der Waals surface area (Å²) in [6.07, 6.45) is 2.03. The van der Waals surface area contributed by atoms with E-state index in [9.17, 15) is 14.4 Å². The molecule has 1 aliphatic rings. The van der Waals surface area contributed by atoms with E-state index in [1.165, 1.54) is 0 Å². The molecule has 0 saturated carbocycles. The third kappa shape index (κ3) is 7.08. The fourth-order valence-corrected chi connectivity index (χ4v) is 5.25. The van der Waals surface area contributed by atoms with Crippen LogP contribution in [0, 0.1) is 6.92 Å². The fraction of sp³-hybridized carbons (Fsp3) is 0.294. The van der Waals surface area contributed by atoms with Gasteiger partial charge in [-0.2, -0.15) is 0 Å². The summed E-state index contributed by atoms with van der Waals surface area (Å²) in [5, 5.41) is 7.72. The van der Waals surface area contributed by atoms with Gasteiger partial charge in [-0.1, -0.05) is 31.2 Å². The highest BCUT2D eigenvalue weighted by Gasteiger charge is 2.25. The molecule has 0 aliphatic carbocycles. The number of likely N-dealkylation sites (N-methyl/N-ethyl adjacent to an activating group) is 1. The number of carbonyl (C=O) groups excluding carboxylic acids is 3. The molecule has 1 aliphatic heterocycles. The number of fused-ring (bicyclic) bond motifs is 1. The van der Waals surface area contributed by atoms with Crippen molar-refractivity contribution in [1.29, 1.82) is 0 Å². The number of anilines is 3. The zero-order chi connectivity index (χ0) is 31.2. The number of ether oxygens (including phenoxy) is 1. The van der Waals surface area contributed by atoms with Gasteiger partial charge in [0, 0.05) is 61.1 Å². The lowest BCUT2D eigenvalue weighted by atomic mass is 9.97. The SMILES string of the molecule is Cc1ccccc1C(C)COC(=O)Nc1ccc(C(=O)N2CCC2)c(CN(C)C(=O)CNc2ccc3c(N)nccc3c2)c1. The number of likely N-dealkylation sites (tertiary alicyclic amines) is 1. The molecule has 1 fully saturated rings. The lowest BCUT2D eigenvalue weighted by Gasteiger charge is -2.32. The summed E-state index contributed by atoms with van der Waals surface area (Å²) in [5.74, 6) is 0.239. The lowest BCUT2D eigenvalue weighted by molar-refractivity contribution is -0.128. The highest BCUT2D eigenvalue weighted by Crippen LogP contribution is 2.24. The summed E-state index contributed by atoms with van der Waals surface area (Å²) < 4.78 is 5.52. The zero-order valence-corrected chi connectivity index (χ0v) is 25.3. The van der Waals surface area contributed by atoms with Gasteiger partial charge in [0.25, 0.3) is 5.91 Å². The van der Waals surface area contributed by atoms with Crippen LogP contribution in [0.15, 0.2) is 72.9 Å². The van der Waals surface area contributed by atoms with Crippen LogP contribution >= 0.6 is 0 Å². The summed E-state index contributed by atoms with van der Waals surface area (Å²) in [4.78, 5) is 46.4. The number of aryl methyl sites for hydroxylation is 1. The van der Waals surface area contributed by atoms with Crippen LogP contribution in [0.25, 0.3) is 10.8 Å². The Kier molecular flexibility index (Phi) is 9.28. The number of carbonyl (C=O) groups is 3. The van der Waals surface area contributed by atoms with Gasteiger partial charge in [0.15, 0.2) is 0 Å². The van der Waals surface area contributed by atoms with E-state index in [2.05, 4.69) is 15.6 Å². The van der Waals surface area contributed by atoms with E-state index in [4.69, 9.17) is 10.5 Å². The minimum absolute atomic E-state index is 0.0343. The summed E-state index contributed by atoms with van der Waals surface area (Å²) in [5.41, 5.74) is 10.6. The van der Waals surface area contributed by atoms with Gasteiger partial charge < -0.3 is 25.6 Å². The van der Waals surface area contributed by atoms with Crippen molar-refractivity contribution in [3.05, 3.63) is 95.2 Å². The number of nitrogen functional groups attached to an aromatic ring is 1. The fourth-order valence-electron chi connectivity index (χ4n) is 5.25. The predicted molar refractivity (Wildman–Crippen MR) is 173 cm³/mol. The topological polar surface area (TPSA) is 130 Å². The van der Waals surface area contributed by atoms with Gasteiger partial charge in [0.2, 0.25) is 5.91 Å². The van der Waals surface area contributed by atoms with Gasteiger partial charge in [-0.05, 0) is 77.9 Å². The largest absolute Gasteiger partial charge is 0.449 e. The first-order chi connectivity index (χ1) is 21.2. The van der Waals surface area contributed by atoms with Crippen molar-refractivity contribution in [2.75, 3.05) is 49.7 Å². The quantitative estimate of drug-likeness (QED) is 0.224. The third-order valence-corrected chi connectivity index (χ3v) is 7.98. The summed E-state index contributed by atoms with van der Waals surface area (Å²) in [6, 6.07) is 20.6. The van der Waals surface area contributed by atoms with Crippen LogP contribution < -0.4 is 16.4 Å². The number of nitrogens with one attached hydrogen (secondary N) is 2. The van der Waals surface area contributed by atoms with E-state index in [0.29, 0.717) is 35.7 Å². The van der Waals surface area contributed by atoms with E-state index in [1.807, 2.05) is 62.4 Å². The van der Waals surface area contributed by atoms with Crippen molar-refractivity contribution in [2.24, 2.45) is 0 Å². The minimum Gasteiger partial charge on any atom is -0.449 e. The highest BCUT2D eigenvalue weighted by atomic mass is 16.5. The van der Waals surface area contributed by atoms with Gasteiger partial charge in [-0.3, -0.25) is 14.9 Å². The lowest BCUT2D eigenvalue weighted by Crippen LogP contribution is -2.42. The Morgan fingerprint density at radius 1 is 1.05 bits per heavy atom. The number of hydrogen-bond donors (Lipinski definition) is 3. The number of aromatic nitrogens is 1. The van der Waals surface area contributed by atoms with Crippen molar-refractivity contribution in [3.8, 4) is 0 Å². The monoisotopic (exact) mass is 594 g/mol. The molecule has 10 nitrogen and oxygen atoms in total. The Bertz CT molecular complexity index is 1690. The molecule has 1 atom stereocenters. The smallest absolute Gasteiger partial charge is 0.411 e. The standard InChI is InChI=1S/C34H38N6O4/c1-22-7-4-5-8-28(22)23(2)21-44-34(43)38-27-10-12-30(33(42)40-15-6-16-40)25(18-27)20-39(3)31(41)19-37-26-9-11-29-24(17-26)13-14-36-32(29)35/h4-5,7-14,17-18,23,37H,6,15-16,19-21H2,1-3H3,(H2,35,36)(H,38,43). The van der Waals surface area contributed by atoms with E-state index in [1.54, 1.807) is 41.2 Å². The molecule has 4 aromatic rings. The molecule has 4 N–H and O–H groups in total. The first kappa shape index (κ1) is 30.3. The van der Waals surface area contributed by atoms with Crippen molar-refractivity contribution in [2.45, 2.75) is 32.7 Å². The van der Waals surface area contributed by atoms with Crippen LogP contribution in [-0.2, 0) is 16.1 Å². The number of hydrogen-bond acceptors (Lipinski definition) is 7. The van der Waals surface area contributed by atoms with Crippen molar-refractivity contribution in [1.82, 2.24) is 14.8 Å². The Morgan fingerprint density at radius 3 is 2.57 bits per heavy atom. The molecule has 0 radical (unpaired) electrons. The van der Waals surface area contributed by atoms with Gasteiger partial charge in [0.05, 0.1) is 13.2 Å². The molecule has 228 valence electrons. The third-order valence-electron chi connectivity index (χ3n) is 7.98. The van der Waals surface area contributed by atoms with Crippen molar-refractivity contribution < 1.29 is 19.1 Å².